The number of anilines is 2. The maximum absolute atomic E-state index is 13.9. The lowest BCUT2D eigenvalue weighted by molar-refractivity contribution is -0.0132. The highest BCUT2D eigenvalue weighted by atomic mass is 19.1. The predicted molar refractivity (Wildman–Crippen MR) is 157 cm³/mol. The number of carbonyl (C=O) groups is 2. The Bertz CT molecular complexity index is 1790. The van der Waals surface area contributed by atoms with Crippen LogP contribution < -0.4 is 5.32 Å². The maximum atomic E-state index is 13.9. The van der Waals surface area contributed by atoms with Crippen LogP contribution in [0.5, 0.6) is 0 Å². The SMILES string of the molecule is CN1Cc2nc(Nc3ccc(-c4cnc5cc(F)ccn45)c4c3C(=O)N(C(=O)OC(C)(C)C)C4)ccc2C12CCOCC2. The van der Waals surface area contributed by atoms with Crippen LogP contribution in [0.15, 0.2) is 48.8 Å². The molecule has 1 N–H and O–H groups in total. The third-order valence-corrected chi connectivity index (χ3v) is 8.63. The van der Waals surface area contributed by atoms with E-state index in [1.807, 2.05) is 18.2 Å². The fourth-order valence-electron chi connectivity index (χ4n) is 6.58. The van der Waals surface area contributed by atoms with E-state index < -0.39 is 23.4 Å². The van der Waals surface area contributed by atoms with E-state index in [9.17, 15) is 14.0 Å². The fourth-order valence-corrected chi connectivity index (χ4v) is 6.58. The van der Waals surface area contributed by atoms with Crippen molar-refractivity contribution < 1.29 is 23.5 Å². The molecule has 0 unspecified atom stereocenters. The Morgan fingerprint density at radius 2 is 1.91 bits per heavy atom. The van der Waals surface area contributed by atoms with Crippen LogP contribution in [-0.2, 0) is 28.1 Å². The molecule has 10 nitrogen and oxygen atoms in total. The molecule has 1 aromatic carbocycles. The monoisotopic (exact) mass is 584 g/mol. The van der Waals surface area contributed by atoms with Gasteiger partial charge in [-0.3, -0.25) is 14.1 Å². The summed E-state index contributed by atoms with van der Waals surface area (Å²) in [6, 6.07) is 10.5. The molecule has 3 aliphatic heterocycles. The highest BCUT2D eigenvalue weighted by Gasteiger charge is 2.45. The molecule has 2 amide bonds. The third kappa shape index (κ3) is 4.54. The average Bonchev–Trinajstić information content (AvgIpc) is 3.61. The number of imidazole rings is 1. The first-order valence-corrected chi connectivity index (χ1v) is 14.4. The van der Waals surface area contributed by atoms with Gasteiger partial charge in [0.25, 0.3) is 5.91 Å². The minimum absolute atomic E-state index is 0.0232. The number of nitrogens with zero attached hydrogens (tertiary/aromatic N) is 5. The number of ether oxygens (including phenoxy) is 2. The zero-order valence-corrected chi connectivity index (χ0v) is 24.6. The van der Waals surface area contributed by atoms with Gasteiger partial charge in [-0.1, -0.05) is 12.1 Å². The highest BCUT2D eigenvalue weighted by molar-refractivity contribution is 6.11. The van der Waals surface area contributed by atoms with Crippen molar-refractivity contribution in [3.8, 4) is 11.3 Å². The third-order valence-electron chi connectivity index (χ3n) is 8.63. The van der Waals surface area contributed by atoms with Gasteiger partial charge in [0, 0.05) is 37.6 Å². The van der Waals surface area contributed by atoms with Gasteiger partial charge in [-0.2, -0.15) is 0 Å². The van der Waals surface area contributed by atoms with Gasteiger partial charge in [0.15, 0.2) is 0 Å². The molecule has 4 aromatic rings. The Morgan fingerprint density at radius 1 is 1.12 bits per heavy atom. The van der Waals surface area contributed by atoms with E-state index >= 15 is 0 Å². The molecule has 43 heavy (non-hydrogen) atoms. The van der Waals surface area contributed by atoms with Crippen LogP contribution in [0.2, 0.25) is 0 Å². The van der Waals surface area contributed by atoms with E-state index in [4.69, 9.17) is 14.5 Å². The molecular weight excluding hydrogens is 551 g/mol. The predicted octanol–water partition coefficient (Wildman–Crippen LogP) is 5.62. The standard InChI is InChI=1S/C32H33FN6O4/c1-31(2,3)43-30(41)39-17-21-20(25-16-34-27-15-19(33)9-12-38(25)27)5-7-23(28(21)29(39)40)35-26-8-6-22-24(36-26)18-37(4)32(22)10-13-42-14-11-32/h5-9,12,15-16H,10-11,13-14,17-18H2,1-4H3,(H,35,36). The van der Waals surface area contributed by atoms with Crippen molar-refractivity contribution in [1.82, 2.24) is 24.2 Å². The van der Waals surface area contributed by atoms with Crippen molar-refractivity contribution in [1.29, 1.82) is 0 Å². The molecule has 0 atom stereocenters. The molecule has 3 aliphatic rings. The van der Waals surface area contributed by atoms with E-state index in [0.717, 1.165) is 43.2 Å². The number of aromatic nitrogens is 3. The van der Waals surface area contributed by atoms with Crippen LogP contribution >= 0.6 is 0 Å². The Labute approximate surface area is 248 Å². The van der Waals surface area contributed by atoms with E-state index in [1.165, 1.54) is 17.7 Å². The first-order chi connectivity index (χ1) is 20.5. The summed E-state index contributed by atoms with van der Waals surface area (Å²) in [5, 5.41) is 3.37. The second-order valence-corrected chi connectivity index (χ2v) is 12.4. The molecule has 0 radical (unpaired) electrons. The topological polar surface area (TPSA) is 101 Å². The maximum Gasteiger partial charge on any atom is 0.417 e. The number of nitrogens with one attached hydrogen (secondary N) is 1. The number of fused-ring (bicyclic) bond motifs is 4. The molecule has 6 heterocycles. The number of halogens is 1. The molecule has 0 aliphatic carbocycles. The zero-order valence-electron chi connectivity index (χ0n) is 24.6. The smallest absolute Gasteiger partial charge is 0.417 e. The number of benzene rings is 1. The normalized spacial score (nSPS) is 17.9. The summed E-state index contributed by atoms with van der Waals surface area (Å²) < 4.78 is 26.9. The summed E-state index contributed by atoms with van der Waals surface area (Å²) in [7, 11) is 2.13. The number of amides is 2. The average molecular weight is 585 g/mol. The molecule has 1 spiro atoms. The van der Waals surface area contributed by atoms with Crippen LogP contribution in [0, 0.1) is 5.82 Å². The van der Waals surface area contributed by atoms with Crippen molar-refractivity contribution in [3.63, 3.8) is 0 Å². The van der Waals surface area contributed by atoms with Gasteiger partial charge in [-0.05, 0) is 70.0 Å². The lowest BCUT2D eigenvalue weighted by atomic mass is 9.84. The van der Waals surface area contributed by atoms with Crippen molar-refractivity contribution in [2.45, 2.75) is 57.8 Å². The van der Waals surface area contributed by atoms with Gasteiger partial charge >= 0.3 is 6.09 Å². The number of rotatable bonds is 3. The first-order valence-electron chi connectivity index (χ1n) is 14.4. The van der Waals surface area contributed by atoms with Crippen molar-refractivity contribution in [2.75, 3.05) is 25.6 Å². The molecule has 1 saturated heterocycles. The zero-order chi connectivity index (χ0) is 30.1. The van der Waals surface area contributed by atoms with Crippen LogP contribution in [0.1, 0.15) is 60.8 Å². The molecular formula is C32H33FN6O4. The van der Waals surface area contributed by atoms with Gasteiger partial charge < -0.3 is 14.8 Å². The van der Waals surface area contributed by atoms with Crippen LogP contribution in [0.3, 0.4) is 0 Å². The molecule has 7 rings (SSSR count). The van der Waals surface area contributed by atoms with Crippen molar-refractivity contribution in [2.24, 2.45) is 0 Å². The minimum atomic E-state index is -0.773. The summed E-state index contributed by atoms with van der Waals surface area (Å²) in [6.07, 6.45) is 4.37. The fraction of sp³-hybridized carbons (Fsp3) is 0.375. The second-order valence-electron chi connectivity index (χ2n) is 12.4. The Hall–Kier alpha value is -4.35. The van der Waals surface area contributed by atoms with Crippen molar-refractivity contribution >= 4 is 29.2 Å². The number of imide groups is 1. The largest absolute Gasteiger partial charge is 0.443 e. The quantitative estimate of drug-likeness (QED) is 0.331. The summed E-state index contributed by atoms with van der Waals surface area (Å²) in [6.45, 7) is 7.47. The lowest BCUT2D eigenvalue weighted by Crippen LogP contribution is -2.43. The molecule has 0 saturated carbocycles. The van der Waals surface area contributed by atoms with Gasteiger partial charge in [0.2, 0.25) is 0 Å². The summed E-state index contributed by atoms with van der Waals surface area (Å²) in [5.74, 6) is -0.244. The molecule has 11 heteroatoms. The number of hydrogen-bond acceptors (Lipinski definition) is 8. The first kappa shape index (κ1) is 27.5. The Balaban J connectivity index is 1.29. The van der Waals surface area contributed by atoms with Gasteiger partial charge in [-0.25, -0.2) is 24.1 Å². The molecule has 1 fully saturated rings. The van der Waals surface area contributed by atoms with Gasteiger partial charge in [0.1, 0.15) is 22.9 Å². The molecule has 222 valence electrons. The number of carbonyl (C=O) groups excluding carboxylic acids is 2. The van der Waals surface area contributed by atoms with Crippen LogP contribution in [0.4, 0.5) is 20.7 Å². The Morgan fingerprint density at radius 3 is 2.67 bits per heavy atom. The van der Waals surface area contributed by atoms with Crippen molar-refractivity contribution in [3.05, 3.63) is 77.0 Å². The second kappa shape index (κ2) is 9.85. The van der Waals surface area contributed by atoms with Crippen LogP contribution in [0.25, 0.3) is 16.9 Å². The van der Waals surface area contributed by atoms with Gasteiger partial charge in [0.05, 0.1) is 40.9 Å². The summed E-state index contributed by atoms with van der Waals surface area (Å²) in [4.78, 5) is 39.8. The van der Waals surface area contributed by atoms with Crippen LogP contribution in [-0.4, -0.2) is 62.0 Å². The Kier molecular flexibility index (Phi) is 6.30. The van der Waals surface area contributed by atoms with E-state index in [0.29, 0.717) is 39.5 Å². The number of hydrogen-bond donors (Lipinski definition) is 1. The number of pyridine rings is 2. The highest BCUT2D eigenvalue weighted by Crippen LogP contribution is 2.45. The molecule has 0 bridgehead atoms. The minimum Gasteiger partial charge on any atom is -0.443 e. The lowest BCUT2D eigenvalue weighted by Gasteiger charge is -2.40. The summed E-state index contributed by atoms with van der Waals surface area (Å²) in [5.41, 5.74) is 4.76. The van der Waals surface area contributed by atoms with E-state index in [1.54, 1.807) is 37.6 Å². The van der Waals surface area contributed by atoms with E-state index in [-0.39, 0.29) is 12.1 Å². The summed E-state index contributed by atoms with van der Waals surface area (Å²) >= 11 is 0. The van der Waals surface area contributed by atoms with E-state index in [2.05, 4.69) is 28.3 Å². The molecule has 3 aromatic heterocycles. The van der Waals surface area contributed by atoms with Gasteiger partial charge in [-0.15, -0.1) is 0 Å².